The highest BCUT2D eigenvalue weighted by molar-refractivity contribution is 5.73. The molecule has 1 rings (SSSR count). The number of likely N-dealkylation sites (N-methyl/N-ethyl adjacent to an activating group) is 1. The fraction of sp³-hybridized carbons (Fsp3) is 0.500. The van der Waals surface area contributed by atoms with E-state index < -0.39 is 12.0 Å². The summed E-state index contributed by atoms with van der Waals surface area (Å²) in [4.78, 5) is 19.2. The van der Waals surface area contributed by atoms with Crippen molar-refractivity contribution in [3.05, 3.63) is 18.2 Å². The molecule has 1 heterocycles. The molecule has 6 nitrogen and oxygen atoms in total. The van der Waals surface area contributed by atoms with Gasteiger partial charge in [-0.1, -0.05) is 0 Å². The predicted octanol–water partition coefficient (Wildman–Crippen LogP) is -0.858. The summed E-state index contributed by atoms with van der Waals surface area (Å²) >= 11 is 0. The summed E-state index contributed by atoms with van der Waals surface area (Å²) in [6, 6.07) is -0.500. The van der Waals surface area contributed by atoms with Gasteiger partial charge < -0.3 is 15.6 Å². The largest absolute Gasteiger partial charge is 0.480 e. The molecule has 1 aromatic rings. The molecular weight excluding hydrogens is 186 g/mol. The topological polar surface area (TPSA) is 101 Å². The Morgan fingerprint density at radius 2 is 2.36 bits per heavy atom. The molecule has 1 aromatic heterocycles. The average Bonchev–Trinajstić information content (AvgIpc) is 2.50. The van der Waals surface area contributed by atoms with Crippen molar-refractivity contribution >= 4 is 5.97 Å². The molecule has 80 valence electrons. The molecule has 0 radical (unpaired) electrons. The number of carbonyl (C=O) groups is 1. The standard InChI is InChI=1S/C8H13N3O2.H2O/c1-11(2)7(8(12)13)3-6-4-9-5-10-6;/h4-5,7H,3H2,1-2H3,(H,9,10)(H,12,13);1H2/t7-;/m0./s1. The van der Waals surface area contributed by atoms with Crippen LogP contribution in [0.3, 0.4) is 0 Å². The highest BCUT2D eigenvalue weighted by Crippen LogP contribution is 2.03. The molecule has 0 aromatic carbocycles. The highest BCUT2D eigenvalue weighted by atomic mass is 16.4. The Morgan fingerprint density at radius 3 is 2.71 bits per heavy atom. The van der Waals surface area contributed by atoms with Crippen molar-refractivity contribution in [1.82, 2.24) is 14.9 Å². The summed E-state index contributed by atoms with van der Waals surface area (Å²) in [5.41, 5.74) is 0.834. The van der Waals surface area contributed by atoms with Gasteiger partial charge in [-0.3, -0.25) is 9.69 Å². The van der Waals surface area contributed by atoms with Crippen LogP contribution in [-0.4, -0.2) is 51.6 Å². The second kappa shape index (κ2) is 5.36. The first-order valence-electron chi connectivity index (χ1n) is 3.97. The third kappa shape index (κ3) is 3.15. The van der Waals surface area contributed by atoms with Gasteiger partial charge in [-0.05, 0) is 14.1 Å². The SMILES string of the molecule is CN(C)[C@@H](Cc1cnc[nH]1)C(=O)O.O. The first-order valence-corrected chi connectivity index (χ1v) is 3.97. The number of aliphatic carboxylic acids is 1. The van der Waals surface area contributed by atoms with E-state index in [1.54, 1.807) is 31.5 Å². The number of rotatable bonds is 4. The highest BCUT2D eigenvalue weighted by Gasteiger charge is 2.20. The van der Waals surface area contributed by atoms with Crippen molar-refractivity contribution in [2.24, 2.45) is 0 Å². The van der Waals surface area contributed by atoms with Gasteiger partial charge in [-0.2, -0.15) is 0 Å². The lowest BCUT2D eigenvalue weighted by atomic mass is 10.1. The predicted molar refractivity (Wildman–Crippen MR) is 51.0 cm³/mol. The van der Waals surface area contributed by atoms with E-state index in [0.717, 1.165) is 5.69 Å². The van der Waals surface area contributed by atoms with Gasteiger partial charge >= 0.3 is 5.97 Å². The molecule has 0 unspecified atom stereocenters. The second-order valence-corrected chi connectivity index (χ2v) is 3.10. The van der Waals surface area contributed by atoms with Crippen LogP contribution in [0.25, 0.3) is 0 Å². The Bertz CT molecular complexity index is 271. The van der Waals surface area contributed by atoms with Gasteiger partial charge in [0.05, 0.1) is 6.33 Å². The fourth-order valence-corrected chi connectivity index (χ4v) is 1.10. The van der Waals surface area contributed by atoms with E-state index in [4.69, 9.17) is 5.11 Å². The molecule has 4 N–H and O–H groups in total. The summed E-state index contributed by atoms with van der Waals surface area (Å²) in [6.07, 6.45) is 3.63. The lowest BCUT2D eigenvalue weighted by Gasteiger charge is -2.18. The number of imidazole rings is 1. The second-order valence-electron chi connectivity index (χ2n) is 3.10. The number of hydrogen-bond acceptors (Lipinski definition) is 3. The van der Waals surface area contributed by atoms with Crippen molar-refractivity contribution in [2.45, 2.75) is 12.5 Å². The summed E-state index contributed by atoms with van der Waals surface area (Å²) in [6.45, 7) is 0. The van der Waals surface area contributed by atoms with Gasteiger partial charge in [0.25, 0.3) is 0 Å². The number of aromatic amines is 1. The molecule has 6 heteroatoms. The minimum absolute atomic E-state index is 0. The number of nitrogens with one attached hydrogen (secondary N) is 1. The molecule has 0 saturated carbocycles. The zero-order chi connectivity index (χ0) is 9.84. The van der Waals surface area contributed by atoms with Crippen LogP contribution in [0.4, 0.5) is 0 Å². The summed E-state index contributed by atoms with van der Waals surface area (Å²) in [5, 5.41) is 8.87. The van der Waals surface area contributed by atoms with Crippen LogP contribution in [0.5, 0.6) is 0 Å². The molecule has 0 saturated heterocycles. The minimum atomic E-state index is -0.820. The molecule has 0 amide bonds. The van der Waals surface area contributed by atoms with Crippen LogP contribution in [-0.2, 0) is 11.2 Å². The molecule has 0 fully saturated rings. The van der Waals surface area contributed by atoms with Gasteiger partial charge in [0, 0.05) is 18.3 Å². The van der Waals surface area contributed by atoms with Gasteiger partial charge in [0.2, 0.25) is 0 Å². The van der Waals surface area contributed by atoms with E-state index in [0.29, 0.717) is 6.42 Å². The van der Waals surface area contributed by atoms with Crippen LogP contribution < -0.4 is 0 Å². The van der Waals surface area contributed by atoms with Crippen LogP contribution in [0.15, 0.2) is 12.5 Å². The summed E-state index contributed by atoms with van der Waals surface area (Å²) < 4.78 is 0. The molecule has 0 spiro atoms. The molecule has 1 atom stereocenters. The van der Waals surface area contributed by atoms with Crippen molar-refractivity contribution in [1.29, 1.82) is 0 Å². The molecule has 0 aliphatic heterocycles. The summed E-state index contributed by atoms with van der Waals surface area (Å²) in [7, 11) is 3.49. The maximum Gasteiger partial charge on any atom is 0.321 e. The monoisotopic (exact) mass is 201 g/mol. The Morgan fingerprint density at radius 1 is 1.71 bits per heavy atom. The zero-order valence-electron chi connectivity index (χ0n) is 8.19. The number of carboxylic acid groups (broad SMARTS) is 1. The summed E-state index contributed by atoms with van der Waals surface area (Å²) in [5.74, 6) is -0.820. The Labute approximate surface area is 81.9 Å². The van der Waals surface area contributed by atoms with Crippen LogP contribution in [0.1, 0.15) is 5.69 Å². The van der Waals surface area contributed by atoms with Gasteiger partial charge in [0.15, 0.2) is 0 Å². The first-order chi connectivity index (χ1) is 6.11. The van der Waals surface area contributed by atoms with Gasteiger partial charge in [-0.25, -0.2) is 4.98 Å². The van der Waals surface area contributed by atoms with E-state index in [9.17, 15) is 4.79 Å². The van der Waals surface area contributed by atoms with Crippen molar-refractivity contribution in [3.8, 4) is 0 Å². The molecule has 14 heavy (non-hydrogen) atoms. The van der Waals surface area contributed by atoms with Gasteiger partial charge in [0.1, 0.15) is 6.04 Å². The molecular formula is C8H15N3O3. The minimum Gasteiger partial charge on any atom is -0.480 e. The average molecular weight is 201 g/mol. The van der Waals surface area contributed by atoms with E-state index in [2.05, 4.69) is 9.97 Å². The Hall–Kier alpha value is -1.40. The Kier molecular flexibility index (Phi) is 4.82. The molecule has 0 bridgehead atoms. The van der Waals surface area contributed by atoms with Crippen LogP contribution in [0.2, 0.25) is 0 Å². The smallest absolute Gasteiger partial charge is 0.321 e. The van der Waals surface area contributed by atoms with E-state index in [-0.39, 0.29) is 5.48 Å². The normalized spacial score (nSPS) is 12.2. The first kappa shape index (κ1) is 12.6. The lowest BCUT2D eigenvalue weighted by molar-refractivity contribution is -0.142. The van der Waals surface area contributed by atoms with Crippen molar-refractivity contribution < 1.29 is 15.4 Å². The number of hydrogen-bond donors (Lipinski definition) is 2. The van der Waals surface area contributed by atoms with E-state index in [1.807, 2.05) is 0 Å². The number of carboxylic acids is 1. The van der Waals surface area contributed by atoms with Crippen LogP contribution >= 0.6 is 0 Å². The number of nitrogens with zero attached hydrogens (tertiary/aromatic N) is 2. The number of H-pyrrole nitrogens is 1. The van der Waals surface area contributed by atoms with Crippen molar-refractivity contribution in [2.75, 3.05) is 14.1 Å². The van der Waals surface area contributed by atoms with Gasteiger partial charge in [-0.15, -0.1) is 0 Å². The third-order valence-electron chi connectivity index (χ3n) is 1.88. The fourth-order valence-electron chi connectivity index (χ4n) is 1.10. The van der Waals surface area contributed by atoms with E-state index in [1.165, 1.54) is 0 Å². The zero-order valence-corrected chi connectivity index (χ0v) is 8.19. The molecule has 0 aliphatic carbocycles. The third-order valence-corrected chi connectivity index (χ3v) is 1.88. The lowest BCUT2D eigenvalue weighted by Crippen LogP contribution is -2.37. The Balaban J connectivity index is 0.00000169. The van der Waals surface area contributed by atoms with Crippen LogP contribution in [0, 0.1) is 0 Å². The number of aromatic nitrogens is 2. The maximum atomic E-state index is 10.8. The van der Waals surface area contributed by atoms with E-state index >= 15 is 0 Å². The quantitative estimate of drug-likeness (QED) is 0.662. The maximum absolute atomic E-state index is 10.8. The van der Waals surface area contributed by atoms with Crippen molar-refractivity contribution in [3.63, 3.8) is 0 Å². The molecule has 0 aliphatic rings.